The van der Waals surface area contributed by atoms with Crippen LogP contribution < -0.4 is 5.32 Å². The molecule has 0 radical (unpaired) electrons. The molecule has 2 rings (SSSR count). The molecule has 106 valence electrons. The van der Waals surface area contributed by atoms with Crippen LogP contribution in [0, 0.1) is 0 Å². The Balaban J connectivity index is 2.08. The van der Waals surface area contributed by atoms with E-state index in [1.54, 1.807) is 0 Å². The van der Waals surface area contributed by atoms with Gasteiger partial charge in [-0.15, -0.1) is 0 Å². The van der Waals surface area contributed by atoms with Crippen molar-refractivity contribution < 1.29 is 0 Å². The summed E-state index contributed by atoms with van der Waals surface area (Å²) >= 11 is 3.59. The minimum atomic E-state index is 0.532. The SMILES string of the molecule is CCC(c1cccc(Br)c1)N(CC)CC1CCCN1. The molecule has 1 heterocycles. The highest BCUT2D eigenvalue weighted by Gasteiger charge is 2.22. The van der Waals surface area contributed by atoms with Crippen LogP contribution in [0.25, 0.3) is 0 Å². The molecule has 1 saturated heterocycles. The highest BCUT2D eigenvalue weighted by atomic mass is 79.9. The number of halogens is 1. The van der Waals surface area contributed by atoms with Crippen LogP contribution in [0.4, 0.5) is 0 Å². The summed E-state index contributed by atoms with van der Waals surface area (Å²) in [6, 6.07) is 9.98. The molecule has 2 unspecified atom stereocenters. The van der Waals surface area contributed by atoms with Crippen molar-refractivity contribution in [1.82, 2.24) is 10.2 Å². The minimum Gasteiger partial charge on any atom is -0.313 e. The van der Waals surface area contributed by atoms with E-state index in [9.17, 15) is 0 Å². The standard InChI is InChI=1S/C16H25BrN2/c1-3-16(13-7-5-8-14(17)11-13)19(4-2)12-15-9-6-10-18-15/h5,7-8,11,15-16,18H,3-4,6,9-10,12H2,1-2H3. The number of hydrogen-bond acceptors (Lipinski definition) is 2. The summed E-state index contributed by atoms with van der Waals surface area (Å²) < 4.78 is 1.18. The second-order valence-corrected chi connectivity index (χ2v) is 6.28. The van der Waals surface area contributed by atoms with E-state index in [2.05, 4.69) is 64.3 Å². The molecule has 0 bridgehead atoms. The Morgan fingerprint density at radius 3 is 2.84 bits per heavy atom. The lowest BCUT2D eigenvalue weighted by molar-refractivity contribution is 0.185. The zero-order valence-electron chi connectivity index (χ0n) is 12.0. The maximum atomic E-state index is 3.61. The van der Waals surface area contributed by atoms with E-state index >= 15 is 0 Å². The average Bonchev–Trinajstić information content (AvgIpc) is 2.91. The first kappa shape index (κ1) is 15.0. The van der Waals surface area contributed by atoms with E-state index < -0.39 is 0 Å². The third-order valence-electron chi connectivity index (χ3n) is 4.08. The highest BCUT2D eigenvalue weighted by Crippen LogP contribution is 2.27. The second kappa shape index (κ2) is 7.41. The lowest BCUT2D eigenvalue weighted by Gasteiger charge is -2.32. The van der Waals surface area contributed by atoms with Crippen molar-refractivity contribution in [3.63, 3.8) is 0 Å². The third-order valence-corrected chi connectivity index (χ3v) is 4.58. The molecule has 2 atom stereocenters. The number of rotatable bonds is 6. The topological polar surface area (TPSA) is 15.3 Å². The molecule has 0 aromatic heterocycles. The van der Waals surface area contributed by atoms with Crippen LogP contribution in [-0.4, -0.2) is 30.6 Å². The van der Waals surface area contributed by atoms with Crippen molar-refractivity contribution in [3.05, 3.63) is 34.3 Å². The molecule has 0 saturated carbocycles. The Kier molecular flexibility index (Phi) is 5.86. The molecule has 3 heteroatoms. The Morgan fingerprint density at radius 2 is 2.26 bits per heavy atom. The number of likely N-dealkylation sites (N-methyl/N-ethyl adjacent to an activating group) is 1. The van der Waals surface area contributed by atoms with E-state index in [0.717, 1.165) is 13.0 Å². The summed E-state index contributed by atoms with van der Waals surface area (Å²) in [6.45, 7) is 8.03. The Bertz CT molecular complexity index is 388. The fourth-order valence-electron chi connectivity index (χ4n) is 3.09. The highest BCUT2D eigenvalue weighted by molar-refractivity contribution is 9.10. The maximum Gasteiger partial charge on any atom is 0.0346 e. The predicted octanol–water partition coefficient (Wildman–Crippen LogP) is 3.97. The molecule has 0 aliphatic carbocycles. The van der Waals surface area contributed by atoms with E-state index in [1.165, 1.54) is 36.0 Å². The van der Waals surface area contributed by atoms with E-state index in [4.69, 9.17) is 0 Å². The van der Waals surface area contributed by atoms with Crippen LogP contribution in [0.15, 0.2) is 28.7 Å². The van der Waals surface area contributed by atoms with Gasteiger partial charge in [0.25, 0.3) is 0 Å². The number of hydrogen-bond donors (Lipinski definition) is 1. The molecular formula is C16H25BrN2. The van der Waals surface area contributed by atoms with Crippen LogP contribution in [0.1, 0.15) is 44.7 Å². The summed E-state index contributed by atoms with van der Waals surface area (Å²) in [7, 11) is 0. The molecule has 0 spiro atoms. The van der Waals surface area contributed by atoms with Gasteiger partial charge in [-0.1, -0.05) is 41.9 Å². The normalized spacial score (nSPS) is 20.9. The molecular weight excluding hydrogens is 300 g/mol. The Labute approximate surface area is 125 Å². The molecule has 1 aliphatic heterocycles. The molecule has 1 aromatic rings. The molecule has 2 nitrogen and oxygen atoms in total. The molecule has 1 aromatic carbocycles. The minimum absolute atomic E-state index is 0.532. The van der Waals surface area contributed by atoms with Crippen LogP contribution in [0.5, 0.6) is 0 Å². The smallest absolute Gasteiger partial charge is 0.0346 e. The van der Waals surface area contributed by atoms with Gasteiger partial charge < -0.3 is 5.32 Å². The van der Waals surface area contributed by atoms with Gasteiger partial charge in [0.05, 0.1) is 0 Å². The van der Waals surface area contributed by atoms with Crippen LogP contribution >= 0.6 is 15.9 Å². The van der Waals surface area contributed by atoms with Gasteiger partial charge in [-0.05, 0) is 50.0 Å². The second-order valence-electron chi connectivity index (χ2n) is 5.36. The molecule has 1 N–H and O–H groups in total. The van der Waals surface area contributed by atoms with Crippen molar-refractivity contribution in [1.29, 1.82) is 0 Å². The Morgan fingerprint density at radius 1 is 1.42 bits per heavy atom. The van der Waals surface area contributed by atoms with Crippen LogP contribution in [-0.2, 0) is 0 Å². The molecule has 1 fully saturated rings. The number of nitrogens with one attached hydrogen (secondary N) is 1. The zero-order chi connectivity index (χ0) is 13.7. The summed E-state index contributed by atoms with van der Waals surface area (Å²) in [5.74, 6) is 0. The van der Waals surface area contributed by atoms with Gasteiger partial charge in [-0.25, -0.2) is 0 Å². The summed E-state index contributed by atoms with van der Waals surface area (Å²) in [4.78, 5) is 2.62. The van der Waals surface area contributed by atoms with Crippen LogP contribution in [0.2, 0.25) is 0 Å². The monoisotopic (exact) mass is 324 g/mol. The lowest BCUT2D eigenvalue weighted by atomic mass is 10.0. The van der Waals surface area contributed by atoms with Gasteiger partial charge in [-0.3, -0.25) is 4.90 Å². The van der Waals surface area contributed by atoms with Gasteiger partial charge in [0.1, 0.15) is 0 Å². The van der Waals surface area contributed by atoms with Crippen molar-refractivity contribution in [3.8, 4) is 0 Å². The number of benzene rings is 1. The first-order valence-electron chi connectivity index (χ1n) is 7.47. The Hall–Kier alpha value is -0.380. The molecule has 19 heavy (non-hydrogen) atoms. The van der Waals surface area contributed by atoms with Gasteiger partial charge >= 0.3 is 0 Å². The predicted molar refractivity (Wildman–Crippen MR) is 85.4 cm³/mol. The average molecular weight is 325 g/mol. The number of nitrogens with zero attached hydrogens (tertiary/aromatic N) is 1. The van der Waals surface area contributed by atoms with E-state index in [0.29, 0.717) is 12.1 Å². The van der Waals surface area contributed by atoms with Crippen molar-refractivity contribution in [2.24, 2.45) is 0 Å². The fourth-order valence-corrected chi connectivity index (χ4v) is 3.51. The molecule has 1 aliphatic rings. The van der Waals surface area contributed by atoms with Gasteiger partial charge in [0.2, 0.25) is 0 Å². The van der Waals surface area contributed by atoms with Crippen LogP contribution in [0.3, 0.4) is 0 Å². The van der Waals surface area contributed by atoms with Gasteiger partial charge in [0.15, 0.2) is 0 Å². The van der Waals surface area contributed by atoms with E-state index in [1.807, 2.05) is 0 Å². The lowest BCUT2D eigenvalue weighted by Crippen LogP contribution is -2.39. The zero-order valence-corrected chi connectivity index (χ0v) is 13.6. The van der Waals surface area contributed by atoms with Gasteiger partial charge in [-0.2, -0.15) is 0 Å². The maximum absolute atomic E-state index is 3.61. The van der Waals surface area contributed by atoms with Gasteiger partial charge in [0, 0.05) is 23.1 Å². The summed E-state index contributed by atoms with van der Waals surface area (Å²) in [6.07, 6.45) is 3.82. The van der Waals surface area contributed by atoms with Crippen molar-refractivity contribution >= 4 is 15.9 Å². The molecule has 0 amide bonds. The summed E-state index contributed by atoms with van der Waals surface area (Å²) in [5, 5.41) is 3.61. The summed E-state index contributed by atoms with van der Waals surface area (Å²) in [5.41, 5.74) is 1.43. The largest absolute Gasteiger partial charge is 0.313 e. The fraction of sp³-hybridized carbons (Fsp3) is 0.625. The third kappa shape index (κ3) is 4.04. The quantitative estimate of drug-likeness (QED) is 0.851. The van der Waals surface area contributed by atoms with Crippen molar-refractivity contribution in [2.75, 3.05) is 19.6 Å². The first-order chi connectivity index (χ1) is 9.24. The van der Waals surface area contributed by atoms with Crippen molar-refractivity contribution in [2.45, 2.75) is 45.2 Å². The first-order valence-corrected chi connectivity index (χ1v) is 8.26. The van der Waals surface area contributed by atoms with E-state index in [-0.39, 0.29) is 0 Å².